The summed E-state index contributed by atoms with van der Waals surface area (Å²) in [5.41, 5.74) is -0.710. The van der Waals surface area contributed by atoms with E-state index in [-0.39, 0.29) is 19.6 Å². The monoisotopic (exact) mass is 262 g/mol. The molecule has 1 rings (SSSR count). The van der Waals surface area contributed by atoms with Crippen LogP contribution in [0.2, 0.25) is 0 Å². The van der Waals surface area contributed by atoms with Crippen molar-refractivity contribution in [1.29, 1.82) is 0 Å². The van der Waals surface area contributed by atoms with Crippen LogP contribution in [0.5, 0.6) is 0 Å². The summed E-state index contributed by atoms with van der Waals surface area (Å²) in [6, 6.07) is 0. The summed E-state index contributed by atoms with van der Waals surface area (Å²) < 4.78 is 30.8. The van der Waals surface area contributed by atoms with Crippen molar-refractivity contribution in [3.8, 4) is 0 Å². The number of hydrogen-bond donors (Lipinski definition) is 0. The minimum absolute atomic E-state index is 0.116. The highest BCUT2D eigenvalue weighted by Gasteiger charge is 2.41. The lowest BCUT2D eigenvalue weighted by molar-refractivity contribution is 0.0405. The first kappa shape index (κ1) is 14.0. The maximum atomic E-state index is 11.9. The van der Waals surface area contributed by atoms with E-state index in [1.165, 1.54) is 10.4 Å². The lowest BCUT2D eigenvalue weighted by atomic mass is 10.2. The van der Waals surface area contributed by atoms with Crippen molar-refractivity contribution >= 4 is 16.3 Å². The number of rotatable bonds is 2. The van der Waals surface area contributed by atoms with E-state index in [1.807, 2.05) is 0 Å². The minimum Gasteiger partial charge on any atom is -0.443 e. The predicted octanol–water partition coefficient (Wildman–Crippen LogP) is 0.970. The van der Waals surface area contributed by atoms with Crippen molar-refractivity contribution in [3.63, 3.8) is 0 Å². The van der Waals surface area contributed by atoms with Gasteiger partial charge in [0.1, 0.15) is 5.60 Å². The second-order valence-electron chi connectivity index (χ2n) is 4.71. The van der Waals surface area contributed by atoms with Crippen molar-refractivity contribution < 1.29 is 17.9 Å². The molecule has 1 fully saturated rings. The Morgan fingerprint density at radius 1 is 1.41 bits per heavy atom. The molecule has 0 radical (unpaired) electrons. The maximum absolute atomic E-state index is 11.9. The topological polar surface area (TPSA) is 66.9 Å². The molecule has 0 aromatic heterocycles. The van der Waals surface area contributed by atoms with Gasteiger partial charge in [0.05, 0.1) is 6.54 Å². The van der Waals surface area contributed by atoms with Gasteiger partial charge in [0.15, 0.2) is 0 Å². The third kappa shape index (κ3) is 3.19. The molecule has 0 bridgehead atoms. The lowest BCUT2D eigenvalue weighted by Gasteiger charge is -2.24. The summed E-state index contributed by atoms with van der Waals surface area (Å²) in [6.07, 6.45) is 0.653. The van der Waals surface area contributed by atoms with Gasteiger partial charge in [-0.1, -0.05) is 6.08 Å². The zero-order valence-corrected chi connectivity index (χ0v) is 11.2. The largest absolute Gasteiger partial charge is 0.443 e. The molecule has 1 amide bonds. The normalized spacial score (nSPS) is 20.3. The van der Waals surface area contributed by atoms with Gasteiger partial charge < -0.3 is 4.74 Å². The first-order chi connectivity index (χ1) is 7.68. The van der Waals surface area contributed by atoms with Gasteiger partial charge in [0.25, 0.3) is 0 Å². The van der Waals surface area contributed by atoms with Gasteiger partial charge >= 0.3 is 16.3 Å². The maximum Gasteiger partial charge on any atom is 0.425 e. The van der Waals surface area contributed by atoms with Crippen LogP contribution in [0.1, 0.15) is 20.8 Å². The summed E-state index contributed by atoms with van der Waals surface area (Å²) in [5, 5.41) is 0. The summed E-state index contributed by atoms with van der Waals surface area (Å²) in [6.45, 7) is 9.13. The minimum atomic E-state index is -3.74. The van der Waals surface area contributed by atoms with Crippen LogP contribution < -0.4 is 0 Å². The summed E-state index contributed by atoms with van der Waals surface area (Å²) in [4.78, 5) is 11.7. The van der Waals surface area contributed by atoms with Gasteiger partial charge in [-0.05, 0) is 20.8 Å². The Labute approximate surface area is 102 Å². The van der Waals surface area contributed by atoms with Gasteiger partial charge in [-0.15, -0.1) is 6.58 Å². The van der Waals surface area contributed by atoms with Crippen LogP contribution >= 0.6 is 0 Å². The van der Waals surface area contributed by atoms with Crippen LogP contribution in [-0.4, -0.2) is 48.4 Å². The van der Waals surface area contributed by atoms with Gasteiger partial charge in [-0.3, -0.25) is 0 Å². The molecule has 17 heavy (non-hydrogen) atoms. The molecule has 0 atom stereocenters. The van der Waals surface area contributed by atoms with Crippen LogP contribution in [0.3, 0.4) is 0 Å². The number of hydrogen-bond acceptors (Lipinski definition) is 4. The third-order valence-electron chi connectivity index (χ3n) is 2.09. The molecule has 1 heterocycles. The molecule has 1 aliphatic heterocycles. The molecule has 0 N–H and O–H groups in total. The molecule has 98 valence electrons. The Morgan fingerprint density at radius 3 is 2.47 bits per heavy atom. The average Bonchev–Trinajstić information content (AvgIpc) is 2.40. The van der Waals surface area contributed by atoms with Gasteiger partial charge in [-0.25, -0.2) is 4.79 Å². The predicted molar refractivity (Wildman–Crippen MR) is 63.6 cm³/mol. The van der Waals surface area contributed by atoms with Crippen LogP contribution in [0.25, 0.3) is 0 Å². The average molecular weight is 262 g/mol. The van der Waals surface area contributed by atoms with Crippen LogP contribution in [0.4, 0.5) is 4.79 Å². The molecule has 0 aromatic rings. The smallest absolute Gasteiger partial charge is 0.425 e. The zero-order chi connectivity index (χ0) is 13.3. The highest BCUT2D eigenvalue weighted by Crippen LogP contribution is 2.19. The standard InChI is InChI=1S/C10H18N2O4S/c1-5-6-11-7-8-12(17(11,14)15)9(13)16-10(2,3)4/h5H,1,6-8H2,2-4H3. The molecule has 1 aliphatic rings. The molecule has 6 nitrogen and oxygen atoms in total. The molecule has 0 spiro atoms. The van der Waals surface area contributed by atoms with Crippen molar-refractivity contribution in [2.24, 2.45) is 0 Å². The fourth-order valence-corrected chi connectivity index (χ4v) is 2.82. The molecule has 0 aromatic carbocycles. The number of carbonyl (C=O) groups excluding carboxylic acids is 1. The number of amides is 1. The SMILES string of the molecule is C=CCN1CCN(C(=O)OC(C)(C)C)S1(=O)=O. The quantitative estimate of drug-likeness (QED) is 0.695. The van der Waals surface area contributed by atoms with E-state index >= 15 is 0 Å². The molecule has 7 heteroatoms. The Kier molecular flexibility index (Phi) is 3.83. The Hall–Kier alpha value is -1.08. The van der Waals surface area contributed by atoms with Crippen molar-refractivity contribution in [2.75, 3.05) is 19.6 Å². The number of carbonyl (C=O) groups is 1. The zero-order valence-electron chi connectivity index (χ0n) is 10.3. The van der Waals surface area contributed by atoms with Gasteiger partial charge in [0, 0.05) is 13.1 Å². The molecular formula is C10H18N2O4S. The highest BCUT2D eigenvalue weighted by atomic mass is 32.2. The molecule has 0 aliphatic carbocycles. The van der Waals surface area contributed by atoms with Crippen molar-refractivity contribution in [2.45, 2.75) is 26.4 Å². The first-order valence-corrected chi connectivity index (χ1v) is 6.70. The van der Waals surface area contributed by atoms with E-state index < -0.39 is 21.9 Å². The van der Waals surface area contributed by atoms with E-state index in [9.17, 15) is 13.2 Å². The lowest BCUT2D eigenvalue weighted by Crippen LogP contribution is -2.40. The van der Waals surface area contributed by atoms with Gasteiger partial charge in [0.2, 0.25) is 0 Å². The molecule has 1 saturated heterocycles. The summed E-state index contributed by atoms with van der Waals surface area (Å²) >= 11 is 0. The van der Waals surface area contributed by atoms with Crippen LogP contribution in [0.15, 0.2) is 12.7 Å². The summed E-state index contributed by atoms with van der Waals surface area (Å²) in [7, 11) is -3.74. The van der Waals surface area contributed by atoms with Crippen molar-refractivity contribution in [1.82, 2.24) is 8.61 Å². The fraction of sp³-hybridized carbons (Fsp3) is 0.700. The van der Waals surface area contributed by atoms with Crippen LogP contribution in [0, 0.1) is 0 Å². The molecule has 0 unspecified atom stereocenters. The molecular weight excluding hydrogens is 244 g/mol. The first-order valence-electron chi connectivity index (χ1n) is 5.30. The molecule has 0 saturated carbocycles. The second-order valence-corrected chi connectivity index (χ2v) is 6.56. The second kappa shape index (κ2) is 4.66. The number of ether oxygens (including phenoxy) is 1. The van der Waals surface area contributed by atoms with Gasteiger partial charge in [-0.2, -0.15) is 17.0 Å². The number of nitrogens with zero attached hydrogens (tertiary/aromatic N) is 2. The van der Waals surface area contributed by atoms with Crippen molar-refractivity contribution in [3.05, 3.63) is 12.7 Å². The Balaban J connectivity index is 2.81. The van der Waals surface area contributed by atoms with E-state index in [0.717, 1.165) is 4.31 Å². The third-order valence-corrected chi connectivity index (χ3v) is 3.96. The van der Waals surface area contributed by atoms with Crippen LogP contribution in [-0.2, 0) is 14.9 Å². The van der Waals surface area contributed by atoms with E-state index in [4.69, 9.17) is 4.74 Å². The van der Waals surface area contributed by atoms with E-state index in [2.05, 4.69) is 6.58 Å². The summed E-state index contributed by atoms with van der Waals surface area (Å²) in [5.74, 6) is 0. The fourth-order valence-electron chi connectivity index (χ4n) is 1.40. The van der Waals surface area contributed by atoms with E-state index in [1.54, 1.807) is 20.8 Å². The van der Waals surface area contributed by atoms with E-state index in [0.29, 0.717) is 0 Å². The Bertz CT molecular complexity index is 411. The Morgan fingerprint density at radius 2 is 2.00 bits per heavy atom. The highest BCUT2D eigenvalue weighted by molar-refractivity contribution is 7.87.